The second-order valence-electron chi connectivity index (χ2n) is 4.39. The Hall–Kier alpha value is -1.27. The van der Waals surface area contributed by atoms with Crippen LogP contribution in [-0.2, 0) is 5.75 Å². The topological polar surface area (TPSA) is 47.0 Å². The van der Waals surface area contributed by atoms with Crippen LogP contribution in [0.1, 0.15) is 18.4 Å². The number of aromatic nitrogens is 2. The van der Waals surface area contributed by atoms with Gasteiger partial charge in [0, 0.05) is 17.4 Å². The lowest BCUT2D eigenvalue weighted by Gasteiger charge is -2.05. The Bertz CT molecular complexity index is 554. The number of rotatable bonds is 6. The van der Waals surface area contributed by atoms with Crippen molar-refractivity contribution in [2.24, 2.45) is 0 Å². The molecule has 0 amide bonds. The van der Waals surface area contributed by atoms with Crippen LogP contribution in [0.2, 0.25) is 0 Å². The maximum absolute atomic E-state index is 5.34. The minimum atomic E-state index is 0.625. The minimum absolute atomic E-state index is 0.625. The molecule has 1 heterocycles. The SMILES string of the molecule is COc1ccccc1CSc1nnc(NC2CC2)s1. The van der Waals surface area contributed by atoms with E-state index in [4.69, 9.17) is 4.74 Å². The summed E-state index contributed by atoms with van der Waals surface area (Å²) < 4.78 is 6.34. The van der Waals surface area contributed by atoms with Crippen LogP contribution in [0.15, 0.2) is 28.6 Å². The molecule has 1 aromatic heterocycles. The van der Waals surface area contributed by atoms with E-state index in [1.54, 1.807) is 30.2 Å². The number of para-hydroxylation sites is 1. The number of methoxy groups -OCH3 is 1. The first-order valence-electron chi connectivity index (χ1n) is 6.20. The van der Waals surface area contributed by atoms with Crippen molar-refractivity contribution in [2.75, 3.05) is 12.4 Å². The molecule has 1 aromatic carbocycles. The molecule has 100 valence electrons. The quantitative estimate of drug-likeness (QED) is 0.827. The van der Waals surface area contributed by atoms with Gasteiger partial charge in [-0.25, -0.2) is 0 Å². The van der Waals surface area contributed by atoms with E-state index in [1.165, 1.54) is 18.4 Å². The normalized spacial score (nSPS) is 14.4. The van der Waals surface area contributed by atoms with Crippen molar-refractivity contribution >= 4 is 28.2 Å². The smallest absolute Gasteiger partial charge is 0.206 e. The molecule has 6 heteroatoms. The molecule has 1 N–H and O–H groups in total. The Labute approximate surface area is 120 Å². The largest absolute Gasteiger partial charge is 0.496 e. The summed E-state index contributed by atoms with van der Waals surface area (Å²) in [6, 6.07) is 8.69. The Kier molecular flexibility index (Phi) is 3.89. The molecule has 19 heavy (non-hydrogen) atoms. The minimum Gasteiger partial charge on any atom is -0.496 e. The lowest BCUT2D eigenvalue weighted by Crippen LogP contribution is -1.99. The number of benzene rings is 1. The van der Waals surface area contributed by atoms with E-state index >= 15 is 0 Å². The molecule has 0 radical (unpaired) electrons. The van der Waals surface area contributed by atoms with Gasteiger partial charge in [-0.2, -0.15) is 0 Å². The molecule has 0 atom stereocenters. The second-order valence-corrected chi connectivity index (χ2v) is 6.59. The fraction of sp³-hybridized carbons (Fsp3) is 0.385. The maximum Gasteiger partial charge on any atom is 0.206 e. The number of nitrogens with zero attached hydrogens (tertiary/aromatic N) is 2. The number of ether oxygens (including phenoxy) is 1. The fourth-order valence-corrected chi connectivity index (χ4v) is 3.51. The highest BCUT2D eigenvalue weighted by molar-refractivity contribution is 8.00. The molecule has 0 aliphatic heterocycles. The molecule has 1 saturated carbocycles. The molecular formula is C13H15N3OS2. The van der Waals surface area contributed by atoms with Crippen LogP contribution in [0.5, 0.6) is 5.75 Å². The summed E-state index contributed by atoms with van der Waals surface area (Å²) in [7, 11) is 1.70. The van der Waals surface area contributed by atoms with Crippen molar-refractivity contribution < 1.29 is 4.74 Å². The lowest BCUT2D eigenvalue weighted by atomic mass is 10.2. The van der Waals surface area contributed by atoms with Crippen molar-refractivity contribution in [2.45, 2.75) is 29.0 Å². The summed E-state index contributed by atoms with van der Waals surface area (Å²) >= 11 is 3.32. The van der Waals surface area contributed by atoms with E-state index in [-0.39, 0.29) is 0 Å². The highest BCUT2D eigenvalue weighted by atomic mass is 32.2. The first-order valence-corrected chi connectivity index (χ1v) is 8.00. The summed E-state index contributed by atoms with van der Waals surface area (Å²) in [6.45, 7) is 0. The zero-order chi connectivity index (χ0) is 13.1. The van der Waals surface area contributed by atoms with E-state index in [1.807, 2.05) is 18.2 Å². The molecule has 0 unspecified atom stereocenters. The molecular weight excluding hydrogens is 278 g/mol. The highest BCUT2D eigenvalue weighted by Crippen LogP contribution is 2.33. The van der Waals surface area contributed by atoms with Gasteiger partial charge in [0.2, 0.25) is 5.13 Å². The van der Waals surface area contributed by atoms with Gasteiger partial charge >= 0.3 is 0 Å². The second kappa shape index (κ2) is 5.79. The van der Waals surface area contributed by atoms with Gasteiger partial charge in [0.25, 0.3) is 0 Å². The van der Waals surface area contributed by atoms with Crippen LogP contribution >= 0.6 is 23.1 Å². The average Bonchev–Trinajstić information content (AvgIpc) is 3.14. The predicted octanol–water partition coefficient (Wildman–Crippen LogP) is 3.41. The van der Waals surface area contributed by atoms with Crippen LogP contribution < -0.4 is 10.1 Å². The van der Waals surface area contributed by atoms with E-state index in [2.05, 4.69) is 21.6 Å². The van der Waals surface area contributed by atoms with E-state index in [0.717, 1.165) is 21.0 Å². The Balaban J connectivity index is 1.60. The Morgan fingerprint density at radius 3 is 3.00 bits per heavy atom. The zero-order valence-electron chi connectivity index (χ0n) is 10.6. The van der Waals surface area contributed by atoms with E-state index < -0.39 is 0 Å². The maximum atomic E-state index is 5.34. The van der Waals surface area contributed by atoms with Gasteiger partial charge in [0.05, 0.1) is 7.11 Å². The van der Waals surface area contributed by atoms with Crippen molar-refractivity contribution in [1.29, 1.82) is 0 Å². The summed E-state index contributed by atoms with van der Waals surface area (Å²) in [5.74, 6) is 1.78. The van der Waals surface area contributed by atoms with Crippen molar-refractivity contribution in [3.8, 4) is 5.75 Å². The van der Waals surface area contributed by atoms with Gasteiger partial charge in [-0.05, 0) is 18.9 Å². The number of hydrogen-bond acceptors (Lipinski definition) is 6. The highest BCUT2D eigenvalue weighted by Gasteiger charge is 2.22. The average molecular weight is 293 g/mol. The number of thioether (sulfide) groups is 1. The third-order valence-electron chi connectivity index (χ3n) is 2.86. The lowest BCUT2D eigenvalue weighted by molar-refractivity contribution is 0.411. The number of nitrogens with one attached hydrogen (secondary N) is 1. The van der Waals surface area contributed by atoms with Crippen LogP contribution in [0.3, 0.4) is 0 Å². The first-order chi connectivity index (χ1) is 9.35. The van der Waals surface area contributed by atoms with Crippen LogP contribution in [0.25, 0.3) is 0 Å². The van der Waals surface area contributed by atoms with Gasteiger partial charge in [-0.3, -0.25) is 0 Å². The number of hydrogen-bond donors (Lipinski definition) is 1. The molecule has 4 nitrogen and oxygen atoms in total. The predicted molar refractivity (Wildman–Crippen MR) is 79.1 cm³/mol. The van der Waals surface area contributed by atoms with E-state index in [9.17, 15) is 0 Å². The molecule has 0 bridgehead atoms. The molecule has 1 aliphatic rings. The molecule has 1 fully saturated rings. The number of anilines is 1. The van der Waals surface area contributed by atoms with Crippen LogP contribution in [-0.4, -0.2) is 23.3 Å². The summed E-state index contributed by atoms with van der Waals surface area (Å²) in [4.78, 5) is 0. The molecule has 0 saturated heterocycles. The molecule has 0 spiro atoms. The van der Waals surface area contributed by atoms with Crippen LogP contribution in [0.4, 0.5) is 5.13 Å². The third kappa shape index (κ3) is 3.39. The van der Waals surface area contributed by atoms with Crippen LogP contribution in [0, 0.1) is 0 Å². The van der Waals surface area contributed by atoms with Gasteiger partial charge < -0.3 is 10.1 Å². The fourth-order valence-electron chi connectivity index (χ4n) is 1.69. The standard InChI is InChI=1S/C13H15N3OS2/c1-17-11-5-3-2-4-9(11)8-18-13-16-15-12(19-13)14-10-6-7-10/h2-5,10H,6-8H2,1H3,(H,14,15). The van der Waals surface area contributed by atoms with Gasteiger partial charge in [0.15, 0.2) is 4.34 Å². The third-order valence-corrected chi connectivity index (χ3v) is 4.89. The Morgan fingerprint density at radius 2 is 2.21 bits per heavy atom. The monoisotopic (exact) mass is 293 g/mol. The first kappa shape index (κ1) is 12.7. The summed E-state index contributed by atoms with van der Waals surface area (Å²) in [6.07, 6.45) is 2.51. The van der Waals surface area contributed by atoms with Crippen molar-refractivity contribution in [1.82, 2.24) is 10.2 Å². The molecule has 1 aliphatic carbocycles. The molecule has 2 aromatic rings. The van der Waals surface area contributed by atoms with Gasteiger partial charge in [-0.15, -0.1) is 10.2 Å². The van der Waals surface area contributed by atoms with Gasteiger partial charge in [-0.1, -0.05) is 41.3 Å². The summed E-state index contributed by atoms with van der Waals surface area (Å²) in [5, 5.41) is 12.7. The van der Waals surface area contributed by atoms with E-state index in [0.29, 0.717) is 6.04 Å². The van der Waals surface area contributed by atoms with Crippen molar-refractivity contribution in [3.63, 3.8) is 0 Å². The zero-order valence-corrected chi connectivity index (χ0v) is 12.3. The Morgan fingerprint density at radius 1 is 1.37 bits per heavy atom. The van der Waals surface area contributed by atoms with Crippen molar-refractivity contribution in [3.05, 3.63) is 29.8 Å². The van der Waals surface area contributed by atoms with Gasteiger partial charge in [0.1, 0.15) is 5.75 Å². The summed E-state index contributed by atoms with van der Waals surface area (Å²) in [5.41, 5.74) is 1.18. The molecule has 3 rings (SSSR count).